The number of nitrogens with zero attached hydrogens (tertiary/aromatic N) is 5. The van der Waals surface area contributed by atoms with Gasteiger partial charge in [0.05, 0.1) is 24.0 Å². The molecule has 0 aliphatic rings. The molecule has 0 spiro atoms. The monoisotopic (exact) mass is 371 g/mol. The van der Waals surface area contributed by atoms with E-state index >= 15 is 0 Å². The normalized spacial score (nSPS) is 12.4. The Morgan fingerprint density at radius 2 is 1.96 bits per heavy atom. The number of aryl methyl sites for hydroxylation is 1. The Balaban J connectivity index is 2.14. The van der Waals surface area contributed by atoms with Crippen LogP contribution in [0.3, 0.4) is 0 Å². The summed E-state index contributed by atoms with van der Waals surface area (Å²) >= 11 is 0. The molecule has 0 aliphatic carbocycles. The van der Waals surface area contributed by atoms with Crippen molar-refractivity contribution in [1.29, 1.82) is 0 Å². The lowest BCUT2D eigenvalue weighted by Gasteiger charge is -2.10. The smallest absolute Gasteiger partial charge is 0.359 e. The van der Waals surface area contributed by atoms with Gasteiger partial charge in [0.2, 0.25) is 0 Å². The van der Waals surface area contributed by atoms with Crippen molar-refractivity contribution in [3.8, 4) is 0 Å². The molecule has 3 heterocycles. The van der Waals surface area contributed by atoms with E-state index in [0.29, 0.717) is 10.4 Å². The van der Waals surface area contributed by atoms with Crippen LogP contribution < -0.4 is 11.2 Å². The molecule has 0 saturated carbocycles. The highest BCUT2D eigenvalue weighted by molar-refractivity contribution is 5.73. The number of rotatable bonds is 4. The Morgan fingerprint density at radius 1 is 1.27 bits per heavy atom. The summed E-state index contributed by atoms with van der Waals surface area (Å²) in [7, 11) is 1.36. The van der Waals surface area contributed by atoms with Crippen LogP contribution >= 0.6 is 0 Å². The first-order valence-electron chi connectivity index (χ1n) is 7.76. The van der Waals surface area contributed by atoms with Gasteiger partial charge in [-0.3, -0.25) is 13.9 Å². The molecular formula is C15H16F3N5O3. The summed E-state index contributed by atoms with van der Waals surface area (Å²) in [6, 6.07) is 1.60. The van der Waals surface area contributed by atoms with Gasteiger partial charge in [0.1, 0.15) is 6.54 Å². The number of aromatic nitrogens is 5. The molecule has 140 valence electrons. The van der Waals surface area contributed by atoms with Crippen molar-refractivity contribution in [2.75, 3.05) is 0 Å². The van der Waals surface area contributed by atoms with E-state index in [-0.39, 0.29) is 29.3 Å². The average molecular weight is 371 g/mol. The van der Waals surface area contributed by atoms with Gasteiger partial charge in [-0.25, -0.2) is 9.48 Å². The third-order valence-electron chi connectivity index (χ3n) is 3.96. The second-order valence-electron chi connectivity index (χ2n) is 6.26. The van der Waals surface area contributed by atoms with Crippen LogP contribution in [0.25, 0.3) is 11.0 Å². The van der Waals surface area contributed by atoms with Gasteiger partial charge in [-0.05, 0) is 5.92 Å². The van der Waals surface area contributed by atoms with Gasteiger partial charge in [0.25, 0.3) is 5.56 Å². The van der Waals surface area contributed by atoms with Crippen LogP contribution in [0.4, 0.5) is 13.2 Å². The molecule has 3 rings (SSSR count). The van der Waals surface area contributed by atoms with E-state index in [0.717, 1.165) is 15.3 Å². The molecule has 0 atom stereocenters. The van der Waals surface area contributed by atoms with Crippen LogP contribution in [0.2, 0.25) is 0 Å². The van der Waals surface area contributed by atoms with Crippen LogP contribution in [-0.4, -0.2) is 30.2 Å². The summed E-state index contributed by atoms with van der Waals surface area (Å²) < 4.78 is 45.7. The van der Waals surface area contributed by atoms with E-state index in [1.807, 2.05) is 13.8 Å². The predicted molar refractivity (Wildman–Crippen MR) is 85.0 cm³/mol. The molecule has 0 aliphatic heterocycles. The third kappa shape index (κ3) is 3.16. The Morgan fingerprint density at radius 3 is 2.54 bits per heavy atom. The molecule has 0 N–H and O–H groups in total. The van der Waals surface area contributed by atoms with Crippen molar-refractivity contribution in [3.05, 3.63) is 44.6 Å². The number of hydrogen-bond acceptors (Lipinski definition) is 5. The SMILES string of the molecule is CC(C)c1cc(Cn2c(=O)c3c(cnn3CC(F)(F)F)n(C)c2=O)on1. The number of fused-ring (bicyclic) bond motifs is 1. The molecule has 0 unspecified atom stereocenters. The fourth-order valence-electron chi connectivity index (χ4n) is 2.60. The summed E-state index contributed by atoms with van der Waals surface area (Å²) in [6.07, 6.45) is -3.48. The van der Waals surface area contributed by atoms with Gasteiger partial charge in [-0.15, -0.1) is 0 Å². The van der Waals surface area contributed by atoms with Gasteiger partial charge < -0.3 is 4.52 Å². The number of halogens is 3. The largest absolute Gasteiger partial charge is 0.408 e. The van der Waals surface area contributed by atoms with E-state index in [9.17, 15) is 22.8 Å². The fourth-order valence-corrected chi connectivity index (χ4v) is 2.60. The maximum atomic E-state index is 12.7. The zero-order chi connectivity index (χ0) is 19.2. The molecule has 0 bridgehead atoms. The average Bonchev–Trinajstić information content (AvgIpc) is 3.15. The van der Waals surface area contributed by atoms with E-state index in [1.54, 1.807) is 6.07 Å². The number of alkyl halides is 3. The summed E-state index contributed by atoms with van der Waals surface area (Å²) in [5, 5.41) is 7.45. The summed E-state index contributed by atoms with van der Waals surface area (Å²) in [4.78, 5) is 25.1. The second kappa shape index (κ2) is 6.15. The summed E-state index contributed by atoms with van der Waals surface area (Å²) in [5.74, 6) is 0.344. The van der Waals surface area contributed by atoms with E-state index < -0.39 is 24.0 Å². The maximum absolute atomic E-state index is 12.7. The zero-order valence-corrected chi connectivity index (χ0v) is 14.2. The minimum Gasteiger partial charge on any atom is -0.359 e. The lowest BCUT2D eigenvalue weighted by atomic mass is 10.1. The Bertz CT molecular complexity index is 1070. The Kier molecular flexibility index (Phi) is 4.24. The Hall–Kier alpha value is -2.85. The standard InChI is InChI=1S/C15H16F3N5O3/c1-8(2)10-4-9(26-20-10)6-22-13(24)12-11(21(3)14(22)25)5-19-23(12)7-15(16,17)18/h4-5,8H,6-7H2,1-3H3. The van der Waals surface area contributed by atoms with Gasteiger partial charge in [-0.1, -0.05) is 19.0 Å². The Labute approximate surface area is 144 Å². The number of hydrogen-bond donors (Lipinski definition) is 0. The third-order valence-corrected chi connectivity index (χ3v) is 3.96. The second-order valence-corrected chi connectivity index (χ2v) is 6.26. The molecule has 3 aromatic heterocycles. The predicted octanol–water partition coefficient (Wildman–Crippen LogP) is 1.62. The first kappa shape index (κ1) is 18.0. The molecule has 11 heteroatoms. The van der Waals surface area contributed by atoms with Gasteiger partial charge in [-0.2, -0.15) is 18.3 Å². The molecule has 3 aromatic rings. The maximum Gasteiger partial charge on any atom is 0.408 e. The highest BCUT2D eigenvalue weighted by Crippen LogP contribution is 2.19. The quantitative estimate of drug-likeness (QED) is 0.695. The molecular weight excluding hydrogens is 355 g/mol. The first-order valence-corrected chi connectivity index (χ1v) is 7.76. The van der Waals surface area contributed by atoms with Crippen LogP contribution in [0, 0.1) is 0 Å². The van der Waals surface area contributed by atoms with Crippen LogP contribution in [-0.2, 0) is 20.1 Å². The van der Waals surface area contributed by atoms with Gasteiger partial charge >= 0.3 is 11.9 Å². The summed E-state index contributed by atoms with van der Waals surface area (Å²) in [5.41, 5.74) is -1.18. The van der Waals surface area contributed by atoms with Crippen LogP contribution in [0.5, 0.6) is 0 Å². The fraction of sp³-hybridized carbons (Fsp3) is 0.467. The van der Waals surface area contributed by atoms with E-state index in [1.165, 1.54) is 7.05 Å². The van der Waals surface area contributed by atoms with Crippen molar-refractivity contribution in [3.63, 3.8) is 0 Å². The molecule has 0 aromatic carbocycles. The van der Waals surface area contributed by atoms with E-state index in [2.05, 4.69) is 10.3 Å². The molecule has 0 radical (unpaired) electrons. The highest BCUT2D eigenvalue weighted by Gasteiger charge is 2.30. The summed E-state index contributed by atoms with van der Waals surface area (Å²) in [6.45, 7) is 2.13. The first-order chi connectivity index (χ1) is 12.1. The molecule has 0 fully saturated rings. The lowest BCUT2D eigenvalue weighted by Crippen LogP contribution is -2.40. The van der Waals surface area contributed by atoms with Crippen LogP contribution in [0.1, 0.15) is 31.2 Å². The lowest BCUT2D eigenvalue weighted by molar-refractivity contribution is -0.141. The topological polar surface area (TPSA) is 87.9 Å². The molecule has 0 amide bonds. The van der Waals surface area contributed by atoms with Crippen LogP contribution in [0.15, 0.2) is 26.4 Å². The minimum absolute atomic E-state index is 0.0286. The molecule has 0 saturated heterocycles. The molecule has 26 heavy (non-hydrogen) atoms. The van der Waals surface area contributed by atoms with Crippen molar-refractivity contribution >= 4 is 11.0 Å². The van der Waals surface area contributed by atoms with Crippen molar-refractivity contribution < 1.29 is 17.7 Å². The van der Waals surface area contributed by atoms with Gasteiger partial charge in [0, 0.05) is 13.1 Å². The van der Waals surface area contributed by atoms with E-state index in [4.69, 9.17) is 4.52 Å². The van der Waals surface area contributed by atoms with Gasteiger partial charge in [0.15, 0.2) is 11.3 Å². The molecule has 8 nitrogen and oxygen atoms in total. The van der Waals surface area contributed by atoms with Crippen molar-refractivity contribution in [2.24, 2.45) is 7.05 Å². The van der Waals surface area contributed by atoms with Crippen molar-refractivity contribution in [1.82, 2.24) is 24.1 Å². The minimum atomic E-state index is -4.55. The van der Waals surface area contributed by atoms with Crippen molar-refractivity contribution in [2.45, 2.75) is 39.0 Å². The zero-order valence-electron chi connectivity index (χ0n) is 14.2. The highest BCUT2D eigenvalue weighted by atomic mass is 19.4.